The van der Waals surface area contributed by atoms with Crippen LogP contribution in [0.4, 0.5) is 11.4 Å². The van der Waals surface area contributed by atoms with Gasteiger partial charge in [-0.2, -0.15) is 0 Å². The fourth-order valence-corrected chi connectivity index (χ4v) is 5.38. The second kappa shape index (κ2) is 12.3. The third-order valence-electron chi connectivity index (χ3n) is 6.29. The smallest absolute Gasteiger partial charge is 0.339 e. The van der Waals surface area contributed by atoms with Gasteiger partial charge in [-0.05, 0) is 58.8 Å². The molecule has 5 rings (SSSR count). The number of hydrogen-bond acceptors (Lipinski definition) is 5. The number of carbonyl (C=O) groups is 3. The Morgan fingerprint density at radius 2 is 1.43 bits per heavy atom. The zero-order valence-electron chi connectivity index (χ0n) is 21.7. The number of carbonyl (C=O) groups excluding carboxylic acids is 3. The number of amides is 2. The highest BCUT2D eigenvalue weighted by molar-refractivity contribution is 8.00. The minimum atomic E-state index is -0.627. The summed E-state index contributed by atoms with van der Waals surface area (Å²) < 4.78 is 4.87. The molecule has 198 valence electrons. The zero-order valence-corrected chi connectivity index (χ0v) is 22.5. The summed E-state index contributed by atoms with van der Waals surface area (Å²) in [7, 11) is 1.30. The molecule has 0 spiro atoms. The summed E-state index contributed by atoms with van der Waals surface area (Å²) in [6, 6.07) is 37.0. The summed E-state index contributed by atoms with van der Waals surface area (Å²) in [5.41, 5.74) is 2.62. The molecule has 0 fully saturated rings. The topological polar surface area (TPSA) is 84.5 Å². The Hall–Kier alpha value is -4.88. The molecule has 7 heteroatoms. The average molecular weight is 547 g/mol. The fraction of sp³-hybridized carbons (Fsp3) is 0.0606. The fourth-order valence-electron chi connectivity index (χ4n) is 4.30. The van der Waals surface area contributed by atoms with Crippen LogP contribution in [0.25, 0.3) is 10.8 Å². The van der Waals surface area contributed by atoms with Gasteiger partial charge in [-0.15, -0.1) is 11.8 Å². The number of rotatable bonds is 8. The number of benzene rings is 5. The maximum atomic E-state index is 13.6. The predicted molar refractivity (Wildman–Crippen MR) is 160 cm³/mol. The molecule has 1 atom stereocenters. The maximum Gasteiger partial charge on any atom is 0.339 e. The SMILES string of the molecule is COC(=O)c1ccccc1NC(=O)C(Sc1cccc(NC(=O)c2ccc3ccccc3c2)c1)c1ccccc1. The number of esters is 1. The van der Waals surface area contributed by atoms with Gasteiger partial charge >= 0.3 is 5.97 Å². The van der Waals surface area contributed by atoms with Gasteiger partial charge in [0.1, 0.15) is 5.25 Å². The normalized spacial score (nSPS) is 11.4. The highest BCUT2D eigenvalue weighted by Crippen LogP contribution is 2.37. The van der Waals surface area contributed by atoms with Crippen LogP contribution in [0.3, 0.4) is 0 Å². The van der Waals surface area contributed by atoms with Gasteiger partial charge in [0.25, 0.3) is 5.91 Å². The molecule has 0 aliphatic rings. The minimum absolute atomic E-state index is 0.218. The van der Waals surface area contributed by atoms with Crippen molar-refractivity contribution in [1.82, 2.24) is 0 Å². The van der Waals surface area contributed by atoms with Crippen LogP contribution in [0.2, 0.25) is 0 Å². The van der Waals surface area contributed by atoms with Gasteiger partial charge < -0.3 is 15.4 Å². The van der Waals surface area contributed by atoms with E-state index in [1.54, 1.807) is 30.3 Å². The van der Waals surface area contributed by atoms with Crippen LogP contribution in [-0.4, -0.2) is 24.9 Å². The van der Waals surface area contributed by atoms with Crippen molar-refractivity contribution in [2.24, 2.45) is 0 Å². The van der Waals surface area contributed by atoms with Gasteiger partial charge in [0.15, 0.2) is 0 Å². The molecule has 40 heavy (non-hydrogen) atoms. The lowest BCUT2D eigenvalue weighted by Crippen LogP contribution is -2.21. The highest BCUT2D eigenvalue weighted by Gasteiger charge is 2.24. The molecule has 0 saturated heterocycles. The molecule has 0 heterocycles. The number of thioether (sulfide) groups is 1. The standard InChI is InChI=1S/C33H26N2O4S/c1-39-33(38)28-16-7-8-17-29(28)35-32(37)30(23-11-3-2-4-12-23)40-27-15-9-14-26(21-27)34-31(36)25-19-18-22-10-5-6-13-24(22)20-25/h2-21,30H,1H3,(H,34,36)(H,35,37). The lowest BCUT2D eigenvalue weighted by Gasteiger charge is -2.18. The molecule has 0 radical (unpaired) electrons. The molecule has 0 aliphatic heterocycles. The van der Waals surface area contributed by atoms with Crippen LogP contribution in [0.1, 0.15) is 31.5 Å². The van der Waals surface area contributed by atoms with Crippen LogP contribution in [0, 0.1) is 0 Å². The molecule has 5 aromatic rings. The number of methoxy groups -OCH3 is 1. The largest absolute Gasteiger partial charge is 0.465 e. The highest BCUT2D eigenvalue weighted by atomic mass is 32.2. The summed E-state index contributed by atoms with van der Waals surface area (Å²) in [4.78, 5) is 39.6. The van der Waals surface area contributed by atoms with Crippen molar-refractivity contribution < 1.29 is 19.1 Å². The molecule has 2 amide bonds. The molecule has 1 unspecified atom stereocenters. The first-order valence-electron chi connectivity index (χ1n) is 12.6. The van der Waals surface area contributed by atoms with Crippen molar-refractivity contribution in [3.63, 3.8) is 0 Å². The van der Waals surface area contributed by atoms with E-state index in [-0.39, 0.29) is 17.4 Å². The molecular weight excluding hydrogens is 520 g/mol. The number of fused-ring (bicyclic) bond motifs is 1. The van der Waals surface area contributed by atoms with E-state index in [0.29, 0.717) is 16.9 Å². The van der Waals surface area contributed by atoms with Crippen LogP contribution in [-0.2, 0) is 9.53 Å². The van der Waals surface area contributed by atoms with Crippen molar-refractivity contribution in [3.05, 3.63) is 138 Å². The van der Waals surface area contributed by atoms with E-state index in [4.69, 9.17) is 4.74 Å². The Kier molecular flexibility index (Phi) is 8.23. The van der Waals surface area contributed by atoms with Crippen molar-refractivity contribution >= 4 is 51.7 Å². The van der Waals surface area contributed by atoms with Gasteiger partial charge in [0.05, 0.1) is 18.4 Å². The second-order valence-corrected chi connectivity index (χ2v) is 10.2. The summed E-state index contributed by atoms with van der Waals surface area (Å²) in [5, 5.41) is 7.30. The van der Waals surface area contributed by atoms with Gasteiger partial charge in [-0.1, -0.05) is 78.9 Å². The van der Waals surface area contributed by atoms with Crippen LogP contribution < -0.4 is 10.6 Å². The first-order valence-corrected chi connectivity index (χ1v) is 13.5. The van der Waals surface area contributed by atoms with Crippen molar-refractivity contribution in [2.45, 2.75) is 10.1 Å². The average Bonchev–Trinajstić information content (AvgIpc) is 3.00. The summed E-state index contributed by atoms with van der Waals surface area (Å²) in [6.07, 6.45) is 0. The number of ether oxygens (including phenoxy) is 1. The van der Waals surface area contributed by atoms with E-state index in [1.165, 1.54) is 18.9 Å². The van der Waals surface area contributed by atoms with E-state index >= 15 is 0 Å². The Balaban J connectivity index is 1.37. The Morgan fingerprint density at radius 1 is 0.700 bits per heavy atom. The number of nitrogens with one attached hydrogen (secondary N) is 2. The van der Waals surface area contributed by atoms with Crippen LogP contribution in [0.5, 0.6) is 0 Å². The van der Waals surface area contributed by atoms with Gasteiger partial charge in [0.2, 0.25) is 5.91 Å². The predicted octanol–water partition coefficient (Wildman–Crippen LogP) is 7.35. The molecule has 2 N–H and O–H groups in total. The summed E-state index contributed by atoms with van der Waals surface area (Å²) in [6.45, 7) is 0. The molecule has 0 aliphatic carbocycles. The van der Waals surface area contributed by atoms with Crippen molar-refractivity contribution in [1.29, 1.82) is 0 Å². The van der Waals surface area contributed by atoms with E-state index in [2.05, 4.69) is 10.6 Å². The van der Waals surface area contributed by atoms with E-state index in [1.807, 2.05) is 91.0 Å². The van der Waals surface area contributed by atoms with E-state index < -0.39 is 11.2 Å². The third-order valence-corrected chi connectivity index (χ3v) is 7.54. The van der Waals surface area contributed by atoms with Gasteiger partial charge in [-0.25, -0.2) is 4.79 Å². The zero-order chi connectivity index (χ0) is 27.9. The van der Waals surface area contributed by atoms with Crippen molar-refractivity contribution in [3.8, 4) is 0 Å². The molecule has 5 aromatic carbocycles. The van der Waals surface area contributed by atoms with Crippen LogP contribution >= 0.6 is 11.8 Å². The monoisotopic (exact) mass is 546 g/mol. The molecule has 6 nitrogen and oxygen atoms in total. The summed E-state index contributed by atoms with van der Waals surface area (Å²) in [5.74, 6) is -1.04. The molecule has 0 saturated carbocycles. The minimum Gasteiger partial charge on any atom is -0.465 e. The number of para-hydroxylation sites is 1. The number of anilines is 2. The second-order valence-electron chi connectivity index (χ2n) is 8.98. The Labute approximate surface area is 236 Å². The molecule has 0 aromatic heterocycles. The summed E-state index contributed by atoms with van der Waals surface area (Å²) >= 11 is 1.35. The lowest BCUT2D eigenvalue weighted by atomic mass is 10.1. The van der Waals surface area contributed by atoms with Gasteiger partial charge in [-0.3, -0.25) is 9.59 Å². The Morgan fingerprint density at radius 3 is 2.23 bits per heavy atom. The molecule has 0 bridgehead atoms. The maximum absolute atomic E-state index is 13.6. The lowest BCUT2D eigenvalue weighted by molar-refractivity contribution is -0.115. The first kappa shape index (κ1) is 26.7. The first-order chi connectivity index (χ1) is 19.5. The van der Waals surface area contributed by atoms with Crippen molar-refractivity contribution in [2.75, 3.05) is 17.7 Å². The quantitative estimate of drug-likeness (QED) is 0.157. The van der Waals surface area contributed by atoms with E-state index in [9.17, 15) is 14.4 Å². The van der Waals surface area contributed by atoms with Crippen LogP contribution in [0.15, 0.2) is 126 Å². The van der Waals surface area contributed by atoms with E-state index in [0.717, 1.165) is 21.2 Å². The number of hydrogen-bond donors (Lipinski definition) is 2. The molecular formula is C33H26N2O4S. The third kappa shape index (κ3) is 6.22. The Bertz CT molecular complexity index is 1690. The van der Waals surface area contributed by atoms with Gasteiger partial charge in [0, 0.05) is 16.1 Å².